The number of benzene rings is 3. The van der Waals surface area contributed by atoms with E-state index in [9.17, 15) is 8.42 Å². The second-order valence-electron chi connectivity index (χ2n) is 9.73. The maximum atomic E-state index is 12.1. The highest BCUT2D eigenvalue weighted by molar-refractivity contribution is 8.01. The van der Waals surface area contributed by atoms with Crippen LogP contribution in [0.15, 0.2) is 155 Å². The van der Waals surface area contributed by atoms with Crippen molar-refractivity contribution >= 4 is 85.8 Å². The summed E-state index contributed by atoms with van der Waals surface area (Å²) < 4.78 is 31.8. The molecule has 2 unspecified atom stereocenters. The zero-order chi connectivity index (χ0) is 34.7. The van der Waals surface area contributed by atoms with Gasteiger partial charge in [-0.2, -0.15) is 0 Å². The number of nitrogens with zero attached hydrogens (tertiary/aromatic N) is 2. The van der Waals surface area contributed by atoms with Crippen LogP contribution in [0.2, 0.25) is 0 Å². The zero-order valence-electron chi connectivity index (χ0n) is 26.9. The summed E-state index contributed by atoms with van der Waals surface area (Å²) in [6.45, 7) is 16.2. The minimum absolute atomic E-state index is 0. The van der Waals surface area contributed by atoms with Crippen molar-refractivity contribution in [2.24, 2.45) is 5.73 Å². The Balaban J connectivity index is 0.000000187. The molecule has 253 valence electrons. The number of hydrogen-bond donors (Lipinski definition) is 1. The molecule has 0 amide bonds. The van der Waals surface area contributed by atoms with Crippen LogP contribution in [0.3, 0.4) is 0 Å². The molecule has 1 fully saturated rings. The van der Waals surface area contributed by atoms with Crippen LogP contribution in [0.25, 0.3) is 9.69 Å². The first-order valence-electron chi connectivity index (χ1n) is 15.0. The van der Waals surface area contributed by atoms with Gasteiger partial charge in [-0.25, -0.2) is 18.1 Å². The second-order valence-corrected chi connectivity index (χ2v) is 17.8. The quantitative estimate of drug-likeness (QED) is 0.129. The Hall–Kier alpha value is -3.63. The molecule has 3 radical (unpaired) electrons. The van der Waals surface area contributed by atoms with Crippen molar-refractivity contribution in [3.63, 3.8) is 0 Å². The van der Waals surface area contributed by atoms with Crippen LogP contribution in [0.4, 0.5) is 10.0 Å². The summed E-state index contributed by atoms with van der Waals surface area (Å²) in [5, 5.41) is 1.33. The largest absolute Gasteiger partial charge is 0.381 e. The molecule has 0 saturated carbocycles. The smallest absolute Gasteiger partial charge is 0.242 e. The zero-order valence-corrected chi connectivity index (χ0v) is 31.8. The summed E-state index contributed by atoms with van der Waals surface area (Å²) in [4.78, 5) is 10.6. The standard InChI is InChI=1S/C11H7NOS2.C11H11NOS2.C11H7NS2.C4H8O.B/c1-12-10-7-8-11(14-10)15(13)9-5-3-2-4-6-9;12-8-9-6-7-11(14-9)15(13)10-4-2-1-3-5-10;1-12-10-7-8-11(14-10)13-9-5-3-2-4-6-9;1-2-4-5-3-1;/h2-8H;1-7H,8,12H2;2-8H;1-4H2;. The number of ether oxygens (including phenoxy) is 1. The predicted molar refractivity (Wildman–Crippen MR) is 212 cm³/mol. The van der Waals surface area contributed by atoms with E-state index in [0.29, 0.717) is 11.5 Å². The van der Waals surface area contributed by atoms with Gasteiger partial charge in [0.05, 0.1) is 47.4 Å². The Morgan fingerprint density at radius 2 is 1.12 bits per heavy atom. The van der Waals surface area contributed by atoms with Gasteiger partial charge in [-0.3, -0.25) is 0 Å². The van der Waals surface area contributed by atoms with E-state index in [1.165, 1.54) is 56.0 Å². The van der Waals surface area contributed by atoms with E-state index < -0.39 is 21.6 Å². The third-order valence-electron chi connectivity index (χ3n) is 6.26. The molecule has 1 aliphatic heterocycles. The van der Waals surface area contributed by atoms with Crippen molar-refractivity contribution in [3.8, 4) is 0 Å². The summed E-state index contributed by atoms with van der Waals surface area (Å²) in [6, 6.07) is 40.0. The van der Waals surface area contributed by atoms with Crippen molar-refractivity contribution in [1.29, 1.82) is 0 Å². The maximum absolute atomic E-state index is 12.1. The Kier molecular flexibility index (Phi) is 18.7. The van der Waals surface area contributed by atoms with Gasteiger partial charge in [0.15, 0.2) is 0 Å². The summed E-state index contributed by atoms with van der Waals surface area (Å²) in [6.07, 6.45) is 2.56. The average molecular weight is 771 g/mol. The molecule has 50 heavy (non-hydrogen) atoms. The van der Waals surface area contributed by atoms with Gasteiger partial charge in [0.2, 0.25) is 10.0 Å². The Morgan fingerprint density at radius 1 is 0.640 bits per heavy atom. The lowest BCUT2D eigenvalue weighted by Crippen LogP contribution is -1.91. The van der Waals surface area contributed by atoms with E-state index in [4.69, 9.17) is 23.6 Å². The van der Waals surface area contributed by atoms with Crippen LogP contribution in [-0.2, 0) is 32.9 Å². The molecule has 1 saturated heterocycles. The maximum Gasteiger partial charge on any atom is 0.242 e. The molecule has 0 aliphatic carbocycles. The fraction of sp³-hybridized carbons (Fsp3) is 0.135. The van der Waals surface area contributed by atoms with Crippen LogP contribution >= 0.6 is 45.8 Å². The van der Waals surface area contributed by atoms with Gasteiger partial charge >= 0.3 is 0 Å². The average Bonchev–Trinajstić information content (AvgIpc) is 4.02. The van der Waals surface area contributed by atoms with E-state index in [2.05, 4.69) is 21.8 Å². The van der Waals surface area contributed by atoms with E-state index in [-0.39, 0.29) is 8.41 Å². The van der Waals surface area contributed by atoms with Gasteiger partial charge in [0.1, 0.15) is 0 Å². The molecule has 6 nitrogen and oxygen atoms in total. The first-order chi connectivity index (χ1) is 24.0. The SMILES string of the molecule is C1CCOC1.NCc1ccc(S(=O)c2ccccc2)s1.[B].[C-]#[N+]c1ccc(S(=O)c2ccccc2)s1.[C-]#[N+]c1ccc(Sc2ccccc2)s1. The molecule has 2 atom stereocenters. The summed E-state index contributed by atoms with van der Waals surface area (Å²) >= 11 is 6.03. The van der Waals surface area contributed by atoms with Gasteiger partial charge in [0.25, 0.3) is 0 Å². The molecule has 3 aromatic heterocycles. The minimum Gasteiger partial charge on any atom is -0.381 e. The van der Waals surface area contributed by atoms with Crippen LogP contribution in [0.5, 0.6) is 0 Å². The molecule has 1 aliphatic rings. The highest BCUT2D eigenvalue weighted by Gasteiger charge is 2.10. The highest BCUT2D eigenvalue weighted by Crippen LogP contribution is 2.36. The molecule has 13 heteroatoms. The number of rotatable bonds is 7. The van der Waals surface area contributed by atoms with Crippen molar-refractivity contribution < 1.29 is 13.2 Å². The minimum atomic E-state index is -1.15. The lowest BCUT2D eigenvalue weighted by molar-refractivity contribution is 0.198. The molecule has 7 rings (SSSR count). The third-order valence-corrected chi connectivity index (χ3v) is 13.9. The van der Waals surface area contributed by atoms with Crippen molar-refractivity contribution in [3.05, 3.63) is 155 Å². The molecular weight excluding hydrogens is 738 g/mol. The monoisotopic (exact) mass is 770 g/mol. The van der Waals surface area contributed by atoms with Gasteiger partial charge in [-0.15, -0.1) is 34.0 Å². The van der Waals surface area contributed by atoms with Crippen LogP contribution < -0.4 is 5.73 Å². The Labute approximate surface area is 317 Å². The van der Waals surface area contributed by atoms with E-state index >= 15 is 0 Å². The molecule has 0 spiro atoms. The highest BCUT2D eigenvalue weighted by atomic mass is 32.2. The molecule has 6 aromatic rings. The van der Waals surface area contributed by atoms with E-state index in [0.717, 1.165) is 41.3 Å². The van der Waals surface area contributed by atoms with Crippen LogP contribution in [0.1, 0.15) is 17.7 Å². The predicted octanol–water partition coefficient (Wildman–Crippen LogP) is 10.7. The second kappa shape index (κ2) is 23.0. The number of thiophene rings is 3. The normalized spacial score (nSPS) is 12.5. The molecule has 2 N–H and O–H groups in total. The molecule has 4 heterocycles. The van der Waals surface area contributed by atoms with Crippen LogP contribution in [-0.4, -0.2) is 30.0 Å². The summed E-state index contributed by atoms with van der Waals surface area (Å²) in [7, 11) is -2.22. The lowest BCUT2D eigenvalue weighted by atomic mass is 10.4. The summed E-state index contributed by atoms with van der Waals surface area (Å²) in [5.41, 5.74) is 5.51. The Morgan fingerprint density at radius 3 is 1.56 bits per heavy atom. The lowest BCUT2D eigenvalue weighted by Gasteiger charge is -1.97. The van der Waals surface area contributed by atoms with E-state index in [1.807, 2.05) is 103 Å². The van der Waals surface area contributed by atoms with Gasteiger partial charge in [-0.1, -0.05) is 66.4 Å². The fourth-order valence-electron chi connectivity index (χ4n) is 3.90. The topological polar surface area (TPSA) is 78.1 Å². The van der Waals surface area contributed by atoms with Crippen LogP contribution in [0, 0.1) is 13.1 Å². The van der Waals surface area contributed by atoms with Crippen molar-refractivity contribution in [2.75, 3.05) is 13.2 Å². The fourth-order valence-corrected chi connectivity index (χ4v) is 10.4. The number of nitrogens with two attached hydrogens (primary N) is 1. The van der Waals surface area contributed by atoms with Crippen molar-refractivity contribution in [1.82, 2.24) is 0 Å². The van der Waals surface area contributed by atoms with Gasteiger partial charge in [-0.05, 0) is 85.6 Å². The Bertz CT molecular complexity index is 1970. The molecule has 0 bridgehead atoms. The first-order valence-corrected chi connectivity index (χ1v) is 20.5. The van der Waals surface area contributed by atoms with Crippen molar-refractivity contribution in [2.45, 2.75) is 46.7 Å². The van der Waals surface area contributed by atoms with Gasteiger partial charge < -0.3 is 10.5 Å². The summed E-state index contributed by atoms with van der Waals surface area (Å²) in [5.74, 6) is 0. The molecule has 3 aromatic carbocycles. The van der Waals surface area contributed by atoms with Gasteiger partial charge in [0, 0.05) is 47.7 Å². The molecular formula is C37H33BN3O3S6. The van der Waals surface area contributed by atoms with E-state index in [1.54, 1.807) is 23.9 Å². The third kappa shape index (κ3) is 13.6. The number of hydrogen-bond acceptors (Lipinski definition) is 8. The first kappa shape index (κ1) is 40.8.